The number of likely N-dealkylation sites (tertiary alicyclic amines) is 1. The summed E-state index contributed by atoms with van der Waals surface area (Å²) in [5, 5.41) is 0.764. The fourth-order valence-corrected chi connectivity index (χ4v) is 4.63. The van der Waals surface area contributed by atoms with Gasteiger partial charge in [-0.3, -0.25) is 14.5 Å². The van der Waals surface area contributed by atoms with Crippen molar-refractivity contribution in [2.75, 3.05) is 44.2 Å². The predicted octanol–water partition coefficient (Wildman–Crippen LogP) is 1.72. The quantitative estimate of drug-likeness (QED) is 0.795. The van der Waals surface area contributed by atoms with Crippen LogP contribution in [-0.2, 0) is 9.59 Å². The lowest BCUT2D eigenvalue weighted by Crippen LogP contribution is -2.57. The zero-order valence-corrected chi connectivity index (χ0v) is 16.3. The molecule has 2 saturated heterocycles. The number of nitrogens with zero attached hydrogens (tertiary/aromatic N) is 3. The average molecular weight is 391 g/mol. The van der Waals surface area contributed by atoms with E-state index < -0.39 is 11.3 Å². The second kappa shape index (κ2) is 7.32. The van der Waals surface area contributed by atoms with Crippen molar-refractivity contribution in [3.05, 3.63) is 29.3 Å². The zero-order valence-electron chi connectivity index (χ0n) is 15.6. The van der Waals surface area contributed by atoms with Crippen molar-refractivity contribution in [3.63, 3.8) is 0 Å². The van der Waals surface area contributed by atoms with Crippen molar-refractivity contribution in [1.29, 1.82) is 0 Å². The molecule has 1 aromatic rings. The fraction of sp³-hybridized carbons (Fsp3) is 0.600. The summed E-state index contributed by atoms with van der Waals surface area (Å²) in [6.45, 7) is 5.31. The van der Waals surface area contributed by atoms with Gasteiger partial charge < -0.3 is 15.5 Å². The molecule has 1 atom stereocenters. The Kier molecular flexibility index (Phi) is 5.03. The molecular formula is C20H27ClN4O2. The van der Waals surface area contributed by atoms with Gasteiger partial charge in [-0.05, 0) is 43.9 Å². The van der Waals surface area contributed by atoms with Gasteiger partial charge in [0, 0.05) is 56.0 Å². The van der Waals surface area contributed by atoms with Gasteiger partial charge in [0.05, 0.1) is 0 Å². The van der Waals surface area contributed by atoms with E-state index in [1.165, 1.54) is 5.69 Å². The molecule has 1 saturated carbocycles. The summed E-state index contributed by atoms with van der Waals surface area (Å²) in [6.07, 6.45) is 3.31. The van der Waals surface area contributed by atoms with Gasteiger partial charge in [0.1, 0.15) is 5.41 Å². The van der Waals surface area contributed by atoms with Crippen molar-refractivity contribution in [2.45, 2.75) is 31.7 Å². The van der Waals surface area contributed by atoms with Crippen molar-refractivity contribution in [3.8, 4) is 0 Å². The molecule has 1 aromatic carbocycles. The Hall–Kier alpha value is -1.79. The van der Waals surface area contributed by atoms with E-state index in [4.69, 9.17) is 17.3 Å². The number of halogens is 1. The topological polar surface area (TPSA) is 69.9 Å². The first kappa shape index (κ1) is 18.6. The number of nitrogens with two attached hydrogens (primary N) is 1. The minimum Gasteiger partial charge on any atom is -0.369 e. The van der Waals surface area contributed by atoms with E-state index in [1.54, 1.807) is 0 Å². The Morgan fingerprint density at radius 3 is 2.48 bits per heavy atom. The molecule has 4 rings (SSSR count). The van der Waals surface area contributed by atoms with Crippen LogP contribution in [0.3, 0.4) is 0 Å². The number of anilines is 1. The molecule has 0 spiro atoms. The molecule has 0 bridgehead atoms. The molecule has 146 valence electrons. The summed E-state index contributed by atoms with van der Waals surface area (Å²) in [5.74, 6) is -0.498. The van der Waals surface area contributed by atoms with Crippen LogP contribution in [0.2, 0.25) is 5.02 Å². The third-order valence-electron chi connectivity index (χ3n) is 6.32. The highest BCUT2D eigenvalue weighted by molar-refractivity contribution is 6.30. The van der Waals surface area contributed by atoms with Crippen molar-refractivity contribution < 1.29 is 9.59 Å². The summed E-state index contributed by atoms with van der Waals surface area (Å²) in [6, 6.07) is 8.36. The summed E-state index contributed by atoms with van der Waals surface area (Å²) >= 11 is 6.12. The molecule has 0 aromatic heterocycles. The maximum Gasteiger partial charge on any atom is 0.238 e. The molecule has 2 aliphatic heterocycles. The van der Waals surface area contributed by atoms with Gasteiger partial charge in [0.2, 0.25) is 11.8 Å². The van der Waals surface area contributed by atoms with E-state index in [-0.39, 0.29) is 5.91 Å². The number of carbonyl (C=O) groups is 2. The summed E-state index contributed by atoms with van der Waals surface area (Å²) in [7, 11) is 0. The standard InChI is InChI=1S/C20H27ClN4O2/c21-15-3-1-4-16(13-15)23-9-11-24(12-10-23)17-5-2-8-25(14-17)19(27)20(6-7-20)18(22)26/h1,3-4,13,17H,2,5-12,14H2,(H2,22,26). The molecule has 7 heteroatoms. The summed E-state index contributed by atoms with van der Waals surface area (Å²) in [5.41, 5.74) is 5.76. The molecular weight excluding hydrogens is 364 g/mol. The smallest absolute Gasteiger partial charge is 0.238 e. The molecule has 6 nitrogen and oxygen atoms in total. The Bertz CT molecular complexity index is 728. The maximum atomic E-state index is 12.8. The Balaban J connectivity index is 1.35. The number of piperazine rings is 1. The molecule has 1 unspecified atom stereocenters. The number of carbonyl (C=O) groups excluding carboxylic acids is 2. The Morgan fingerprint density at radius 2 is 1.85 bits per heavy atom. The number of benzene rings is 1. The minimum atomic E-state index is -0.896. The maximum absolute atomic E-state index is 12.8. The Morgan fingerprint density at radius 1 is 1.11 bits per heavy atom. The third-order valence-corrected chi connectivity index (χ3v) is 6.55. The van der Waals surface area contributed by atoms with Gasteiger partial charge in [-0.15, -0.1) is 0 Å². The first-order valence-electron chi connectivity index (χ1n) is 9.83. The van der Waals surface area contributed by atoms with E-state index >= 15 is 0 Å². The second-order valence-corrected chi connectivity index (χ2v) is 8.43. The third kappa shape index (κ3) is 3.65. The van der Waals surface area contributed by atoms with Crippen LogP contribution in [0.5, 0.6) is 0 Å². The van der Waals surface area contributed by atoms with Gasteiger partial charge in [0.15, 0.2) is 0 Å². The zero-order chi connectivity index (χ0) is 19.0. The molecule has 3 aliphatic rings. The number of amides is 2. The molecule has 27 heavy (non-hydrogen) atoms. The van der Waals surface area contributed by atoms with Gasteiger partial charge in [-0.1, -0.05) is 17.7 Å². The van der Waals surface area contributed by atoms with Crippen LogP contribution in [0.25, 0.3) is 0 Å². The first-order valence-corrected chi connectivity index (χ1v) is 10.2. The van der Waals surface area contributed by atoms with Crippen LogP contribution < -0.4 is 10.6 Å². The van der Waals surface area contributed by atoms with E-state index in [1.807, 2.05) is 23.1 Å². The first-order chi connectivity index (χ1) is 13.0. The molecule has 1 aliphatic carbocycles. The van der Waals surface area contributed by atoms with Gasteiger partial charge in [-0.2, -0.15) is 0 Å². The normalized spacial score (nSPS) is 25.3. The predicted molar refractivity (Wildman–Crippen MR) is 106 cm³/mol. The number of primary amides is 1. The monoisotopic (exact) mass is 390 g/mol. The van der Waals surface area contributed by atoms with Crippen LogP contribution in [0.1, 0.15) is 25.7 Å². The SMILES string of the molecule is NC(=O)C1(C(=O)N2CCCC(N3CCN(c4cccc(Cl)c4)CC3)C2)CC1. The number of hydrogen-bond donors (Lipinski definition) is 1. The van der Waals surface area contributed by atoms with Gasteiger partial charge in [-0.25, -0.2) is 0 Å². The van der Waals surface area contributed by atoms with E-state index in [0.717, 1.165) is 50.6 Å². The average Bonchev–Trinajstić information content (AvgIpc) is 3.50. The van der Waals surface area contributed by atoms with Gasteiger partial charge in [0.25, 0.3) is 0 Å². The lowest BCUT2D eigenvalue weighted by molar-refractivity contribution is -0.144. The summed E-state index contributed by atoms with van der Waals surface area (Å²) < 4.78 is 0. The second-order valence-electron chi connectivity index (χ2n) is 8.00. The van der Waals surface area contributed by atoms with Crippen LogP contribution in [0.4, 0.5) is 5.69 Å². The highest BCUT2D eigenvalue weighted by atomic mass is 35.5. The van der Waals surface area contributed by atoms with Crippen LogP contribution in [0.15, 0.2) is 24.3 Å². The number of hydrogen-bond acceptors (Lipinski definition) is 4. The van der Waals surface area contributed by atoms with Gasteiger partial charge >= 0.3 is 0 Å². The Labute approximate surface area is 165 Å². The largest absolute Gasteiger partial charge is 0.369 e. The highest BCUT2D eigenvalue weighted by Gasteiger charge is 2.57. The van der Waals surface area contributed by atoms with Crippen molar-refractivity contribution in [1.82, 2.24) is 9.80 Å². The molecule has 2 N–H and O–H groups in total. The highest BCUT2D eigenvalue weighted by Crippen LogP contribution is 2.47. The van der Waals surface area contributed by atoms with E-state index in [9.17, 15) is 9.59 Å². The van der Waals surface area contributed by atoms with E-state index in [2.05, 4.69) is 15.9 Å². The number of rotatable bonds is 4. The molecule has 3 fully saturated rings. The number of piperidine rings is 1. The van der Waals surface area contributed by atoms with Crippen LogP contribution >= 0.6 is 11.6 Å². The lowest BCUT2D eigenvalue weighted by Gasteiger charge is -2.44. The van der Waals surface area contributed by atoms with Crippen molar-refractivity contribution in [2.24, 2.45) is 11.1 Å². The van der Waals surface area contributed by atoms with Crippen LogP contribution in [0, 0.1) is 5.41 Å². The minimum absolute atomic E-state index is 0.0442. The fourth-order valence-electron chi connectivity index (χ4n) is 4.45. The van der Waals surface area contributed by atoms with Crippen LogP contribution in [-0.4, -0.2) is 66.9 Å². The summed E-state index contributed by atoms with van der Waals surface area (Å²) in [4.78, 5) is 31.2. The van der Waals surface area contributed by atoms with Crippen molar-refractivity contribution >= 4 is 29.1 Å². The molecule has 2 heterocycles. The molecule has 0 radical (unpaired) electrons. The molecule has 2 amide bonds. The lowest BCUT2D eigenvalue weighted by atomic mass is 9.98. The van der Waals surface area contributed by atoms with E-state index in [0.29, 0.717) is 25.4 Å².